The molecule has 0 aromatic rings. The van der Waals surface area contributed by atoms with Crippen LogP contribution >= 0.6 is 0 Å². The molecular weight excluding hydrogens is 205 g/mol. The van der Waals surface area contributed by atoms with Crippen molar-refractivity contribution in [2.24, 2.45) is 0 Å². The van der Waals surface area contributed by atoms with Gasteiger partial charge in [0, 0.05) is 7.11 Å². The highest BCUT2D eigenvalue weighted by Crippen LogP contribution is 2.14. The summed E-state index contributed by atoms with van der Waals surface area (Å²) in [6, 6.07) is 0. The maximum atomic E-state index is 11.5. The van der Waals surface area contributed by atoms with Gasteiger partial charge >= 0.3 is 12.1 Å². The number of carbonyl (C=O) groups is 1. The molecule has 0 saturated heterocycles. The van der Waals surface area contributed by atoms with Crippen molar-refractivity contribution in [2.75, 3.05) is 33.5 Å². The molecule has 4 nitrogen and oxygen atoms in total. The number of hydrogen-bond acceptors (Lipinski definition) is 4. The molecule has 7 heteroatoms. The molecule has 0 rings (SSSR count). The first-order valence-corrected chi connectivity index (χ1v) is 3.75. The second-order valence-electron chi connectivity index (χ2n) is 2.32. The lowest BCUT2D eigenvalue weighted by Gasteiger charge is -2.07. The summed E-state index contributed by atoms with van der Waals surface area (Å²) in [6.07, 6.45) is -4.42. The fourth-order valence-corrected chi connectivity index (χ4v) is 0.531. The topological polar surface area (TPSA) is 44.8 Å². The van der Waals surface area contributed by atoms with Crippen molar-refractivity contribution in [3.05, 3.63) is 0 Å². The quantitative estimate of drug-likeness (QED) is 0.485. The van der Waals surface area contributed by atoms with E-state index in [2.05, 4.69) is 14.2 Å². The molecular formula is C7H11F3O4. The molecule has 0 aliphatic rings. The maximum Gasteiger partial charge on any atom is 0.411 e. The number of ether oxygens (including phenoxy) is 3. The average Bonchev–Trinajstić information content (AvgIpc) is 2.02. The number of methoxy groups -OCH3 is 1. The Labute approximate surface area is 78.9 Å². The Bertz CT molecular complexity index is 169. The first-order valence-electron chi connectivity index (χ1n) is 3.75. The molecule has 0 aliphatic heterocycles. The van der Waals surface area contributed by atoms with E-state index in [1.54, 1.807) is 0 Å². The van der Waals surface area contributed by atoms with E-state index in [1.807, 2.05) is 0 Å². The van der Waals surface area contributed by atoms with Crippen LogP contribution in [0.2, 0.25) is 0 Å². The van der Waals surface area contributed by atoms with E-state index >= 15 is 0 Å². The second-order valence-corrected chi connectivity index (χ2v) is 2.32. The first-order chi connectivity index (χ1) is 6.45. The van der Waals surface area contributed by atoms with Gasteiger partial charge in [-0.1, -0.05) is 0 Å². The molecule has 0 fully saturated rings. The fourth-order valence-electron chi connectivity index (χ4n) is 0.531. The third-order valence-corrected chi connectivity index (χ3v) is 1.04. The number of alkyl halides is 3. The van der Waals surface area contributed by atoms with Crippen LogP contribution in [-0.2, 0) is 19.0 Å². The van der Waals surface area contributed by atoms with Crippen LogP contribution in [0, 0.1) is 0 Å². The molecule has 0 saturated carbocycles. The third-order valence-electron chi connectivity index (χ3n) is 1.04. The summed E-state index contributed by atoms with van der Waals surface area (Å²) in [4.78, 5) is 10.6. The van der Waals surface area contributed by atoms with Crippen molar-refractivity contribution >= 4 is 5.97 Å². The van der Waals surface area contributed by atoms with E-state index < -0.39 is 25.4 Å². The van der Waals surface area contributed by atoms with E-state index in [0.717, 1.165) is 0 Å². The van der Waals surface area contributed by atoms with Crippen LogP contribution < -0.4 is 0 Å². The van der Waals surface area contributed by atoms with Crippen molar-refractivity contribution in [1.29, 1.82) is 0 Å². The highest BCUT2D eigenvalue weighted by molar-refractivity contribution is 5.70. The van der Waals surface area contributed by atoms with Gasteiger partial charge < -0.3 is 14.2 Å². The normalized spacial score (nSPS) is 11.4. The SMILES string of the molecule is COCCOC(=O)COCC(F)(F)F. The molecule has 0 bridgehead atoms. The summed E-state index contributed by atoms with van der Waals surface area (Å²) in [5.74, 6) is -0.841. The Morgan fingerprint density at radius 3 is 2.43 bits per heavy atom. The van der Waals surface area contributed by atoms with E-state index in [4.69, 9.17) is 0 Å². The minimum absolute atomic E-state index is 0.00467. The van der Waals surface area contributed by atoms with Crippen molar-refractivity contribution < 1.29 is 32.2 Å². The molecule has 0 aromatic carbocycles. The Morgan fingerprint density at radius 1 is 1.29 bits per heavy atom. The van der Waals surface area contributed by atoms with Crippen molar-refractivity contribution in [3.8, 4) is 0 Å². The summed E-state index contributed by atoms with van der Waals surface area (Å²) in [6.45, 7) is -1.95. The summed E-state index contributed by atoms with van der Waals surface area (Å²) >= 11 is 0. The summed E-state index contributed by atoms with van der Waals surface area (Å²) in [5.41, 5.74) is 0. The lowest BCUT2D eigenvalue weighted by atomic mass is 10.6. The lowest BCUT2D eigenvalue weighted by Crippen LogP contribution is -2.22. The van der Waals surface area contributed by atoms with Gasteiger partial charge in [-0.25, -0.2) is 4.79 Å². The van der Waals surface area contributed by atoms with Crippen LogP contribution in [0.25, 0.3) is 0 Å². The number of hydrogen-bond donors (Lipinski definition) is 0. The van der Waals surface area contributed by atoms with Gasteiger partial charge in [0.15, 0.2) is 0 Å². The minimum atomic E-state index is -4.42. The van der Waals surface area contributed by atoms with Gasteiger partial charge in [-0.05, 0) is 0 Å². The van der Waals surface area contributed by atoms with Crippen LogP contribution in [-0.4, -0.2) is 45.7 Å². The molecule has 0 amide bonds. The molecule has 0 spiro atoms. The molecule has 0 heterocycles. The van der Waals surface area contributed by atoms with Crippen LogP contribution in [0.1, 0.15) is 0 Å². The number of esters is 1. The Kier molecular flexibility index (Phi) is 6.22. The molecule has 14 heavy (non-hydrogen) atoms. The zero-order valence-electron chi connectivity index (χ0n) is 7.60. The van der Waals surface area contributed by atoms with Gasteiger partial charge in [-0.15, -0.1) is 0 Å². The summed E-state index contributed by atoms with van der Waals surface area (Å²) in [5, 5.41) is 0. The molecule has 0 atom stereocenters. The van der Waals surface area contributed by atoms with Gasteiger partial charge in [0.1, 0.15) is 19.8 Å². The van der Waals surface area contributed by atoms with Crippen LogP contribution in [0.3, 0.4) is 0 Å². The van der Waals surface area contributed by atoms with Gasteiger partial charge in [-0.3, -0.25) is 0 Å². The van der Waals surface area contributed by atoms with Crippen molar-refractivity contribution in [1.82, 2.24) is 0 Å². The Morgan fingerprint density at radius 2 is 1.93 bits per heavy atom. The van der Waals surface area contributed by atoms with Gasteiger partial charge in [0.25, 0.3) is 0 Å². The zero-order valence-corrected chi connectivity index (χ0v) is 7.60. The minimum Gasteiger partial charge on any atom is -0.462 e. The summed E-state index contributed by atoms with van der Waals surface area (Å²) in [7, 11) is 1.41. The van der Waals surface area contributed by atoms with E-state index in [9.17, 15) is 18.0 Å². The van der Waals surface area contributed by atoms with Gasteiger partial charge in [0.05, 0.1) is 6.61 Å². The zero-order chi connectivity index (χ0) is 11.0. The molecule has 0 N–H and O–H groups in total. The lowest BCUT2D eigenvalue weighted by molar-refractivity contribution is -0.181. The third kappa shape index (κ3) is 9.27. The van der Waals surface area contributed by atoms with Crippen LogP contribution in [0.4, 0.5) is 13.2 Å². The molecule has 84 valence electrons. The van der Waals surface area contributed by atoms with Crippen LogP contribution in [0.5, 0.6) is 0 Å². The molecule has 0 aliphatic carbocycles. The van der Waals surface area contributed by atoms with E-state index in [1.165, 1.54) is 7.11 Å². The van der Waals surface area contributed by atoms with Crippen molar-refractivity contribution in [2.45, 2.75) is 6.18 Å². The molecule has 0 aromatic heterocycles. The first kappa shape index (κ1) is 13.2. The number of rotatable bonds is 6. The van der Waals surface area contributed by atoms with Crippen molar-refractivity contribution in [3.63, 3.8) is 0 Å². The van der Waals surface area contributed by atoms with E-state index in [0.29, 0.717) is 0 Å². The molecule has 0 radical (unpaired) electrons. The number of carbonyl (C=O) groups excluding carboxylic acids is 1. The second kappa shape index (κ2) is 6.61. The van der Waals surface area contributed by atoms with Crippen LogP contribution in [0.15, 0.2) is 0 Å². The van der Waals surface area contributed by atoms with E-state index in [-0.39, 0.29) is 13.2 Å². The van der Waals surface area contributed by atoms with Gasteiger partial charge in [-0.2, -0.15) is 13.2 Å². The smallest absolute Gasteiger partial charge is 0.411 e. The average molecular weight is 216 g/mol. The summed E-state index contributed by atoms with van der Waals surface area (Å²) < 4.78 is 47.6. The molecule has 0 unspecified atom stereocenters. The Balaban J connectivity index is 3.36. The Hall–Kier alpha value is -0.820. The van der Waals surface area contributed by atoms with Gasteiger partial charge in [0.2, 0.25) is 0 Å². The maximum absolute atomic E-state index is 11.5. The standard InChI is InChI=1S/C7H11F3O4/c1-12-2-3-14-6(11)4-13-5-7(8,9)10/h2-5H2,1H3. The highest BCUT2D eigenvalue weighted by Gasteiger charge is 2.27. The predicted octanol–water partition coefficient (Wildman–Crippen LogP) is 0.755. The monoisotopic (exact) mass is 216 g/mol. The predicted molar refractivity (Wildman–Crippen MR) is 39.7 cm³/mol. The fraction of sp³-hybridized carbons (Fsp3) is 0.857. The highest BCUT2D eigenvalue weighted by atomic mass is 19.4. The number of halogens is 3. The largest absolute Gasteiger partial charge is 0.462 e.